The Morgan fingerprint density at radius 2 is 2.04 bits per heavy atom. The summed E-state index contributed by atoms with van der Waals surface area (Å²) in [6.45, 7) is 3.71. The normalized spacial score (nSPS) is 10.9. The van der Waals surface area contributed by atoms with Crippen LogP contribution in [0.15, 0.2) is 48.0 Å². The number of carbonyl (C=O) groups is 1. The number of hydrogen-bond donors (Lipinski definition) is 1. The summed E-state index contributed by atoms with van der Waals surface area (Å²) in [5, 5.41) is 22.7. The molecule has 0 fully saturated rings. The molecule has 0 aromatic heterocycles. The number of methoxy groups -OCH3 is 1. The summed E-state index contributed by atoms with van der Waals surface area (Å²) in [6.07, 6.45) is 1.27. The first kappa shape index (κ1) is 20.5. The number of nitro groups is 1. The number of anilines is 1. The van der Waals surface area contributed by atoms with E-state index in [1.807, 2.05) is 19.9 Å². The molecule has 0 saturated carbocycles. The summed E-state index contributed by atoms with van der Waals surface area (Å²) >= 11 is 0. The predicted octanol–water partition coefficient (Wildman–Crippen LogP) is 3.94. The number of non-ortho nitro benzene ring substituents is 1. The number of benzene rings is 2. The van der Waals surface area contributed by atoms with Crippen LogP contribution in [0.3, 0.4) is 0 Å². The van der Waals surface area contributed by atoms with Gasteiger partial charge < -0.3 is 14.8 Å². The van der Waals surface area contributed by atoms with Gasteiger partial charge in [-0.1, -0.05) is 6.07 Å². The van der Waals surface area contributed by atoms with Crippen LogP contribution in [0.2, 0.25) is 0 Å². The van der Waals surface area contributed by atoms with E-state index < -0.39 is 10.8 Å². The van der Waals surface area contributed by atoms with Crippen LogP contribution in [0.4, 0.5) is 11.4 Å². The van der Waals surface area contributed by atoms with Crippen molar-refractivity contribution in [1.82, 2.24) is 0 Å². The molecule has 1 amide bonds. The zero-order valence-electron chi connectivity index (χ0n) is 15.6. The number of hydrogen-bond acceptors (Lipinski definition) is 6. The molecule has 28 heavy (non-hydrogen) atoms. The largest absolute Gasteiger partial charge is 0.497 e. The highest BCUT2D eigenvalue weighted by Gasteiger charge is 2.14. The van der Waals surface area contributed by atoms with Gasteiger partial charge in [0.2, 0.25) is 0 Å². The van der Waals surface area contributed by atoms with Gasteiger partial charge in [0.1, 0.15) is 23.1 Å². The van der Waals surface area contributed by atoms with Crippen molar-refractivity contribution < 1.29 is 19.2 Å². The molecule has 144 valence electrons. The predicted molar refractivity (Wildman–Crippen MR) is 104 cm³/mol. The molecular formula is C20H19N3O5. The van der Waals surface area contributed by atoms with Gasteiger partial charge in [0, 0.05) is 29.4 Å². The highest BCUT2D eigenvalue weighted by Crippen LogP contribution is 2.28. The van der Waals surface area contributed by atoms with Gasteiger partial charge in [-0.05, 0) is 38.1 Å². The Labute approximate surface area is 162 Å². The Morgan fingerprint density at radius 3 is 2.64 bits per heavy atom. The van der Waals surface area contributed by atoms with Crippen molar-refractivity contribution in [3.05, 3.63) is 63.7 Å². The quantitative estimate of drug-likeness (QED) is 0.336. The molecule has 0 unspecified atom stereocenters. The number of rotatable bonds is 7. The fraction of sp³-hybridized carbons (Fsp3) is 0.200. The Hall–Kier alpha value is -3.86. The van der Waals surface area contributed by atoms with E-state index in [1.165, 1.54) is 37.5 Å². The van der Waals surface area contributed by atoms with E-state index in [0.29, 0.717) is 17.1 Å². The second-order valence-electron chi connectivity index (χ2n) is 6.00. The van der Waals surface area contributed by atoms with Crippen molar-refractivity contribution >= 4 is 23.4 Å². The summed E-state index contributed by atoms with van der Waals surface area (Å²) in [5.41, 5.74) is 0.405. The van der Waals surface area contributed by atoms with Crippen molar-refractivity contribution in [3.8, 4) is 17.6 Å². The second-order valence-corrected chi connectivity index (χ2v) is 6.00. The van der Waals surface area contributed by atoms with Gasteiger partial charge >= 0.3 is 0 Å². The Kier molecular flexibility index (Phi) is 6.71. The number of nitrogens with zero attached hydrogens (tertiary/aromatic N) is 2. The Bertz CT molecular complexity index is 961. The van der Waals surface area contributed by atoms with Crippen molar-refractivity contribution in [2.24, 2.45) is 0 Å². The van der Waals surface area contributed by atoms with Gasteiger partial charge in [-0.25, -0.2) is 0 Å². The zero-order valence-corrected chi connectivity index (χ0v) is 15.6. The minimum absolute atomic E-state index is 0.122. The number of ether oxygens (including phenoxy) is 2. The fourth-order valence-electron chi connectivity index (χ4n) is 2.32. The monoisotopic (exact) mass is 381 g/mol. The standard InChI is InChI=1S/C20H19N3O5/c1-13(2)28-19-11-18(27-3)8-7-14(19)9-15(12-21)20(24)22-16-5-4-6-17(10-16)23(25)26/h4-11,13H,1-3H3,(H,22,24)/b15-9+. The summed E-state index contributed by atoms with van der Waals surface area (Å²) in [4.78, 5) is 22.7. The molecule has 1 N–H and O–H groups in total. The molecule has 0 radical (unpaired) electrons. The van der Waals surface area contributed by atoms with E-state index in [-0.39, 0.29) is 23.1 Å². The highest BCUT2D eigenvalue weighted by molar-refractivity contribution is 6.10. The average Bonchev–Trinajstić information content (AvgIpc) is 2.66. The van der Waals surface area contributed by atoms with Crippen LogP contribution in [0.25, 0.3) is 6.08 Å². The summed E-state index contributed by atoms with van der Waals surface area (Å²) in [6, 6.07) is 12.3. The van der Waals surface area contributed by atoms with Gasteiger partial charge in [0.25, 0.3) is 11.6 Å². The fourth-order valence-corrected chi connectivity index (χ4v) is 2.32. The maximum Gasteiger partial charge on any atom is 0.271 e. The van der Waals surface area contributed by atoms with Gasteiger partial charge in [0.05, 0.1) is 18.1 Å². The lowest BCUT2D eigenvalue weighted by Crippen LogP contribution is -2.14. The number of nitro benzene ring substituents is 1. The van der Waals surface area contributed by atoms with Gasteiger partial charge in [0.15, 0.2) is 0 Å². The first-order chi connectivity index (χ1) is 13.3. The van der Waals surface area contributed by atoms with E-state index >= 15 is 0 Å². The second kappa shape index (κ2) is 9.19. The summed E-state index contributed by atoms with van der Waals surface area (Å²) in [5.74, 6) is 0.354. The van der Waals surface area contributed by atoms with Crippen LogP contribution in [0, 0.1) is 21.4 Å². The molecule has 0 saturated heterocycles. The summed E-state index contributed by atoms with van der Waals surface area (Å²) in [7, 11) is 1.53. The van der Waals surface area contributed by atoms with E-state index in [4.69, 9.17) is 9.47 Å². The van der Waals surface area contributed by atoms with Crippen LogP contribution in [0.1, 0.15) is 19.4 Å². The van der Waals surface area contributed by atoms with Crippen LogP contribution in [-0.4, -0.2) is 24.0 Å². The average molecular weight is 381 g/mol. The van der Waals surface area contributed by atoms with Gasteiger partial charge in [-0.15, -0.1) is 0 Å². The number of nitrogens with one attached hydrogen (secondary N) is 1. The zero-order chi connectivity index (χ0) is 20.7. The van der Waals surface area contributed by atoms with Gasteiger partial charge in [-0.2, -0.15) is 5.26 Å². The third-order valence-electron chi connectivity index (χ3n) is 3.56. The topological polar surface area (TPSA) is 114 Å². The Balaban J connectivity index is 2.33. The molecule has 8 nitrogen and oxygen atoms in total. The number of carbonyl (C=O) groups excluding carboxylic acids is 1. The third-order valence-corrected chi connectivity index (χ3v) is 3.56. The van der Waals surface area contributed by atoms with Gasteiger partial charge in [-0.3, -0.25) is 14.9 Å². The first-order valence-corrected chi connectivity index (χ1v) is 8.36. The Morgan fingerprint density at radius 1 is 1.29 bits per heavy atom. The molecule has 0 bridgehead atoms. The molecule has 2 aromatic carbocycles. The maximum atomic E-state index is 12.4. The lowest BCUT2D eigenvalue weighted by Gasteiger charge is -2.14. The molecule has 0 atom stereocenters. The molecular weight excluding hydrogens is 362 g/mol. The highest BCUT2D eigenvalue weighted by atomic mass is 16.6. The van der Waals surface area contributed by atoms with Crippen molar-refractivity contribution in [2.75, 3.05) is 12.4 Å². The molecule has 0 heterocycles. The first-order valence-electron chi connectivity index (χ1n) is 8.36. The molecule has 2 rings (SSSR count). The molecule has 0 aliphatic heterocycles. The molecule has 2 aromatic rings. The van der Waals surface area contributed by atoms with Crippen LogP contribution >= 0.6 is 0 Å². The van der Waals surface area contributed by atoms with Crippen LogP contribution < -0.4 is 14.8 Å². The minimum Gasteiger partial charge on any atom is -0.497 e. The van der Waals surface area contributed by atoms with E-state index in [1.54, 1.807) is 18.2 Å². The molecule has 0 spiro atoms. The van der Waals surface area contributed by atoms with E-state index in [9.17, 15) is 20.2 Å². The number of amides is 1. The smallest absolute Gasteiger partial charge is 0.271 e. The minimum atomic E-state index is -0.686. The molecule has 8 heteroatoms. The SMILES string of the molecule is COc1ccc(/C=C(\C#N)C(=O)Nc2cccc([N+](=O)[O-])c2)c(OC(C)C)c1. The molecule has 0 aliphatic carbocycles. The maximum absolute atomic E-state index is 12.4. The lowest BCUT2D eigenvalue weighted by molar-refractivity contribution is -0.384. The van der Waals surface area contributed by atoms with Crippen molar-refractivity contribution in [3.63, 3.8) is 0 Å². The third kappa shape index (κ3) is 5.32. The van der Waals surface area contributed by atoms with Crippen molar-refractivity contribution in [1.29, 1.82) is 5.26 Å². The van der Waals surface area contributed by atoms with E-state index in [2.05, 4.69) is 5.32 Å². The molecule has 0 aliphatic rings. The van der Waals surface area contributed by atoms with Crippen LogP contribution in [-0.2, 0) is 4.79 Å². The number of nitriles is 1. The van der Waals surface area contributed by atoms with Crippen LogP contribution in [0.5, 0.6) is 11.5 Å². The lowest BCUT2D eigenvalue weighted by atomic mass is 10.1. The van der Waals surface area contributed by atoms with Crippen molar-refractivity contribution in [2.45, 2.75) is 20.0 Å². The summed E-state index contributed by atoms with van der Waals surface area (Å²) < 4.78 is 10.9. The van der Waals surface area contributed by atoms with E-state index in [0.717, 1.165) is 0 Å².